The molecule has 1 unspecified atom stereocenters. The van der Waals surface area contributed by atoms with Crippen molar-refractivity contribution in [1.82, 2.24) is 0 Å². The van der Waals surface area contributed by atoms with Crippen LogP contribution in [0.25, 0.3) is 6.08 Å². The summed E-state index contributed by atoms with van der Waals surface area (Å²) in [6.45, 7) is 3.96. The van der Waals surface area contributed by atoms with Crippen LogP contribution in [0.2, 0.25) is 4.34 Å². The highest BCUT2D eigenvalue weighted by Crippen LogP contribution is 2.65. The van der Waals surface area contributed by atoms with E-state index in [1.165, 1.54) is 23.0 Å². The van der Waals surface area contributed by atoms with Crippen LogP contribution in [-0.4, -0.2) is 24.9 Å². The number of hydrogen-bond donors (Lipinski definition) is 2. The van der Waals surface area contributed by atoms with E-state index < -0.39 is 15.9 Å². The molecule has 0 amide bonds. The van der Waals surface area contributed by atoms with Gasteiger partial charge in [-0.15, -0.1) is 11.3 Å². The van der Waals surface area contributed by atoms with Gasteiger partial charge in [-0.05, 0) is 116 Å². The summed E-state index contributed by atoms with van der Waals surface area (Å²) in [6, 6.07) is 9.14. The number of fused-ring (bicyclic) bond motifs is 5. The monoisotopic (exact) mass is 549 g/mol. The van der Waals surface area contributed by atoms with Gasteiger partial charge < -0.3 is 9.29 Å². The summed E-state index contributed by atoms with van der Waals surface area (Å²) >= 11 is 7.40. The van der Waals surface area contributed by atoms with Crippen molar-refractivity contribution in [2.45, 2.75) is 63.9 Å². The molecule has 0 saturated heterocycles. The van der Waals surface area contributed by atoms with E-state index in [9.17, 15) is 18.3 Å². The van der Waals surface area contributed by atoms with Gasteiger partial charge in [0.05, 0.1) is 4.34 Å². The summed E-state index contributed by atoms with van der Waals surface area (Å²) in [5.41, 5.74) is 0.838. The number of halogens is 1. The molecule has 3 aliphatic rings. The number of carbonyl (C=O) groups is 1. The van der Waals surface area contributed by atoms with E-state index in [4.69, 9.17) is 20.9 Å². The third-order valence-electron chi connectivity index (χ3n) is 9.08. The fraction of sp³-hybridized carbons (Fsp3) is 0.519. The SMILES string of the molecule is C[C@](O)(C(=O)/C=C/c1ccc(Cl)s1)C1CC[C@H]2[C@@H]3CCc4cc(OS(N)(=O)=O)ccc4[C@H]3CC[C@]12C. The Bertz CT molecular complexity index is 1320. The Labute approximate surface area is 221 Å². The van der Waals surface area contributed by atoms with Gasteiger partial charge in [0.1, 0.15) is 11.4 Å². The predicted octanol–water partition coefficient (Wildman–Crippen LogP) is 5.49. The number of hydrogen-bond acceptors (Lipinski definition) is 6. The lowest BCUT2D eigenvalue weighted by atomic mass is 9.52. The van der Waals surface area contributed by atoms with Crippen LogP contribution in [0, 0.1) is 23.2 Å². The van der Waals surface area contributed by atoms with Crippen LogP contribution in [0.1, 0.15) is 67.9 Å². The average molecular weight is 550 g/mol. The Hall–Kier alpha value is -1.71. The zero-order valence-electron chi connectivity index (χ0n) is 20.4. The first-order chi connectivity index (χ1) is 16.9. The maximum Gasteiger partial charge on any atom is 0.380 e. The Morgan fingerprint density at radius 3 is 2.72 bits per heavy atom. The third-order valence-corrected chi connectivity index (χ3v) is 10.7. The second-order valence-corrected chi connectivity index (χ2v) is 13.9. The van der Waals surface area contributed by atoms with E-state index >= 15 is 0 Å². The summed E-state index contributed by atoms with van der Waals surface area (Å²) in [6.07, 6.45) is 8.83. The highest BCUT2D eigenvalue weighted by atomic mass is 35.5. The fourth-order valence-corrected chi connectivity index (χ4v) is 8.92. The lowest BCUT2D eigenvalue weighted by molar-refractivity contribution is -0.144. The summed E-state index contributed by atoms with van der Waals surface area (Å²) in [5.74, 6) is 1.18. The van der Waals surface area contributed by atoms with Gasteiger partial charge in [-0.25, -0.2) is 0 Å². The molecule has 6 nitrogen and oxygen atoms in total. The van der Waals surface area contributed by atoms with Gasteiger partial charge in [0, 0.05) is 10.8 Å². The minimum atomic E-state index is -4.05. The van der Waals surface area contributed by atoms with Crippen LogP contribution in [-0.2, 0) is 21.5 Å². The largest absolute Gasteiger partial charge is 0.382 e. The molecular weight excluding hydrogens is 518 g/mol. The molecule has 194 valence electrons. The minimum Gasteiger partial charge on any atom is -0.382 e. The number of benzene rings is 1. The van der Waals surface area contributed by atoms with E-state index in [0.717, 1.165) is 49.0 Å². The molecule has 36 heavy (non-hydrogen) atoms. The number of ketones is 1. The number of carbonyl (C=O) groups excluding carboxylic acids is 1. The Kier molecular flexibility index (Phi) is 6.65. The first-order valence-electron chi connectivity index (χ1n) is 12.4. The summed E-state index contributed by atoms with van der Waals surface area (Å²) in [4.78, 5) is 14.1. The van der Waals surface area contributed by atoms with Crippen LogP contribution >= 0.6 is 22.9 Å². The highest BCUT2D eigenvalue weighted by Gasteiger charge is 2.60. The van der Waals surface area contributed by atoms with Crippen molar-refractivity contribution >= 4 is 45.1 Å². The number of thiophene rings is 1. The normalized spacial score (nSPS) is 31.4. The van der Waals surface area contributed by atoms with E-state index in [2.05, 4.69) is 6.92 Å². The first kappa shape index (κ1) is 25.9. The van der Waals surface area contributed by atoms with Gasteiger partial charge in [-0.2, -0.15) is 13.6 Å². The van der Waals surface area contributed by atoms with Crippen molar-refractivity contribution in [3.8, 4) is 5.75 Å². The molecule has 5 rings (SSSR count). The number of aryl methyl sites for hydroxylation is 1. The van der Waals surface area contributed by atoms with Gasteiger partial charge in [0.25, 0.3) is 0 Å². The quantitative estimate of drug-likeness (QED) is 0.463. The van der Waals surface area contributed by atoms with E-state index in [1.54, 1.807) is 31.2 Å². The molecule has 2 aromatic rings. The van der Waals surface area contributed by atoms with Crippen LogP contribution in [0.15, 0.2) is 36.4 Å². The van der Waals surface area contributed by atoms with Crippen molar-refractivity contribution in [2.24, 2.45) is 28.3 Å². The Morgan fingerprint density at radius 1 is 1.25 bits per heavy atom. The molecule has 6 atom stereocenters. The lowest BCUT2D eigenvalue weighted by Crippen LogP contribution is -2.51. The number of aliphatic hydroxyl groups is 1. The summed E-state index contributed by atoms with van der Waals surface area (Å²) < 4.78 is 28.2. The zero-order chi connectivity index (χ0) is 25.9. The third kappa shape index (κ3) is 4.67. The Balaban J connectivity index is 1.35. The molecule has 0 spiro atoms. The molecule has 1 aromatic heterocycles. The highest BCUT2D eigenvalue weighted by molar-refractivity contribution is 7.84. The molecule has 0 radical (unpaired) electrons. The molecule has 9 heteroatoms. The second kappa shape index (κ2) is 9.24. The molecule has 1 aromatic carbocycles. The van der Waals surface area contributed by atoms with Gasteiger partial charge in [0.2, 0.25) is 0 Å². The summed E-state index contributed by atoms with van der Waals surface area (Å²) in [7, 11) is -4.05. The van der Waals surface area contributed by atoms with E-state index in [1.807, 2.05) is 12.1 Å². The van der Waals surface area contributed by atoms with Crippen LogP contribution in [0.3, 0.4) is 0 Å². The van der Waals surface area contributed by atoms with Gasteiger partial charge >= 0.3 is 10.3 Å². The van der Waals surface area contributed by atoms with Gasteiger partial charge in [-0.3, -0.25) is 4.79 Å². The maximum atomic E-state index is 13.2. The topological polar surface area (TPSA) is 107 Å². The molecule has 0 bridgehead atoms. The maximum absolute atomic E-state index is 13.2. The van der Waals surface area contributed by atoms with Crippen LogP contribution < -0.4 is 9.32 Å². The van der Waals surface area contributed by atoms with Crippen molar-refractivity contribution in [3.63, 3.8) is 0 Å². The fourth-order valence-electron chi connectivity index (χ4n) is 7.58. The van der Waals surface area contributed by atoms with Crippen molar-refractivity contribution in [3.05, 3.63) is 56.7 Å². The zero-order valence-corrected chi connectivity index (χ0v) is 22.8. The predicted molar refractivity (Wildman–Crippen MR) is 142 cm³/mol. The Morgan fingerprint density at radius 2 is 2.03 bits per heavy atom. The molecular formula is C27H32ClNO5S2. The second-order valence-electron chi connectivity index (χ2n) is 11.0. The van der Waals surface area contributed by atoms with Crippen LogP contribution in [0.5, 0.6) is 5.75 Å². The van der Waals surface area contributed by atoms with Crippen molar-refractivity contribution in [1.29, 1.82) is 0 Å². The molecule has 0 aliphatic heterocycles. The van der Waals surface area contributed by atoms with E-state index in [0.29, 0.717) is 22.1 Å². The molecule has 2 saturated carbocycles. The van der Waals surface area contributed by atoms with Crippen molar-refractivity contribution in [2.75, 3.05) is 0 Å². The van der Waals surface area contributed by atoms with Crippen LogP contribution in [0.4, 0.5) is 0 Å². The van der Waals surface area contributed by atoms with Gasteiger partial charge in [0.15, 0.2) is 5.78 Å². The first-order valence-corrected chi connectivity index (χ1v) is 15.1. The number of rotatable bonds is 6. The van der Waals surface area contributed by atoms with Crippen molar-refractivity contribution < 1.29 is 22.5 Å². The number of nitrogens with two attached hydrogens (primary N) is 1. The molecule has 3 N–H and O–H groups in total. The minimum absolute atomic E-state index is 0.105. The molecule has 1 heterocycles. The summed E-state index contributed by atoms with van der Waals surface area (Å²) in [5, 5.41) is 16.6. The lowest BCUT2D eigenvalue weighted by Gasteiger charge is -2.52. The standard InChI is InChI=1S/C27H32ClNO5S2/c1-26-14-13-20-19-8-4-17(34-36(29,32)33)15-16(19)3-7-21(20)22(26)9-10-23(26)27(2,31)24(30)11-5-18-6-12-25(28)35-18/h4-6,8,11-12,15,20-23,31H,3,7,9-10,13-14H2,1-2H3,(H2,29,32,33)/b11-5+/t20-,21-,22+,23?,26+,27-/m1/s1. The van der Waals surface area contributed by atoms with Gasteiger partial charge in [-0.1, -0.05) is 24.6 Å². The van der Waals surface area contributed by atoms with E-state index in [-0.39, 0.29) is 22.9 Å². The smallest absolute Gasteiger partial charge is 0.380 e. The molecule has 3 aliphatic carbocycles. The average Bonchev–Trinajstić information content (AvgIpc) is 3.38. The molecule has 2 fully saturated rings.